The van der Waals surface area contributed by atoms with Gasteiger partial charge in [-0.15, -0.1) is 0 Å². The highest BCUT2D eigenvalue weighted by Gasteiger charge is 2.28. The normalized spacial score (nSPS) is 14.1. The van der Waals surface area contributed by atoms with Crippen LogP contribution in [0.4, 0.5) is 0 Å². The molecule has 0 spiro atoms. The second kappa shape index (κ2) is 59.3. The highest BCUT2D eigenvalue weighted by atomic mass is 31.2. The molecule has 0 saturated heterocycles. The Bertz CT molecular complexity index is 1720. The summed E-state index contributed by atoms with van der Waals surface area (Å²) in [6.45, 7) is 4.43. The molecule has 0 aliphatic heterocycles. The fourth-order valence-electron chi connectivity index (χ4n) is 7.97. The van der Waals surface area contributed by atoms with Crippen molar-refractivity contribution in [2.24, 2.45) is 0 Å². The first kappa shape index (κ1) is 74.1. The lowest BCUT2D eigenvalue weighted by Crippen LogP contribution is -2.30. The number of unbranched alkanes of at least 4 members (excludes halogenated alkanes) is 21. The van der Waals surface area contributed by atoms with Crippen molar-refractivity contribution in [2.45, 2.75) is 264 Å². The lowest BCUT2D eigenvalue weighted by molar-refractivity contribution is -0.161. The third kappa shape index (κ3) is 56.8. The topological polar surface area (TPSA) is 155 Å². The fraction of sp³-hybridized carbons (Fsp3) is 0.682. The Morgan fingerprint density at radius 1 is 0.372 bits per heavy atom. The largest absolute Gasteiger partial charge is 0.472 e. The van der Waals surface area contributed by atoms with Crippen LogP contribution in [0.3, 0.4) is 0 Å². The lowest BCUT2D eigenvalue weighted by Gasteiger charge is -2.21. The molecule has 0 saturated carbocycles. The number of allylic oxidation sites excluding steroid dienone is 18. The Labute approximate surface area is 475 Å². The Morgan fingerprint density at radius 2 is 0.667 bits per heavy atom. The number of carbonyl (C=O) groups is 3. The van der Waals surface area contributed by atoms with E-state index in [2.05, 4.69) is 130 Å². The monoisotopic (exact) mass is 1110 g/mol. The zero-order valence-corrected chi connectivity index (χ0v) is 50.2. The fourth-order valence-corrected chi connectivity index (χ4v) is 8.76. The molecular formula is C66H111O11P. The molecule has 0 aliphatic carbocycles. The van der Waals surface area contributed by atoms with Crippen molar-refractivity contribution in [2.75, 3.05) is 26.4 Å². The van der Waals surface area contributed by atoms with Gasteiger partial charge in [0.25, 0.3) is 0 Å². The summed E-state index contributed by atoms with van der Waals surface area (Å²) in [6, 6.07) is 0. The van der Waals surface area contributed by atoms with Crippen molar-refractivity contribution in [3.63, 3.8) is 0 Å². The molecule has 78 heavy (non-hydrogen) atoms. The zero-order valence-electron chi connectivity index (χ0n) is 49.3. The van der Waals surface area contributed by atoms with E-state index in [1.54, 1.807) is 0 Å². The molecule has 0 aromatic heterocycles. The molecule has 0 radical (unpaired) electrons. The Hall–Kier alpha value is -3.86. The number of hydrogen-bond acceptors (Lipinski definition) is 10. The molecule has 12 heteroatoms. The van der Waals surface area contributed by atoms with E-state index < -0.39 is 57.8 Å². The number of aliphatic hydroxyl groups excluding tert-OH is 1. The average molecular weight is 1110 g/mol. The Morgan fingerprint density at radius 3 is 1.08 bits per heavy atom. The summed E-state index contributed by atoms with van der Waals surface area (Å²) in [5, 5.41) is 9.82. The maximum absolute atomic E-state index is 12.9. The van der Waals surface area contributed by atoms with Crippen LogP contribution in [0.5, 0.6) is 0 Å². The van der Waals surface area contributed by atoms with Crippen molar-refractivity contribution in [3.8, 4) is 0 Å². The third-order valence-electron chi connectivity index (χ3n) is 12.6. The summed E-state index contributed by atoms with van der Waals surface area (Å²) in [4.78, 5) is 48.7. The smallest absolute Gasteiger partial charge is 0.462 e. The first-order valence-electron chi connectivity index (χ1n) is 30.8. The van der Waals surface area contributed by atoms with Crippen LogP contribution >= 0.6 is 7.82 Å². The molecule has 0 bridgehead atoms. The summed E-state index contributed by atoms with van der Waals surface area (Å²) in [5.74, 6) is -1.53. The molecule has 3 atom stereocenters. The summed E-state index contributed by atoms with van der Waals surface area (Å²) >= 11 is 0. The minimum Gasteiger partial charge on any atom is -0.462 e. The number of rotatable bonds is 56. The summed E-state index contributed by atoms with van der Waals surface area (Å²) < 4.78 is 39.6. The number of hydrogen-bond donors (Lipinski definition) is 2. The Kier molecular flexibility index (Phi) is 56.3. The van der Waals surface area contributed by atoms with Gasteiger partial charge in [-0.1, -0.05) is 214 Å². The zero-order chi connectivity index (χ0) is 56.9. The summed E-state index contributed by atoms with van der Waals surface area (Å²) in [5.41, 5.74) is 0. The van der Waals surface area contributed by atoms with Gasteiger partial charge >= 0.3 is 25.7 Å². The van der Waals surface area contributed by atoms with Crippen molar-refractivity contribution < 1.29 is 52.2 Å². The van der Waals surface area contributed by atoms with Gasteiger partial charge in [0, 0.05) is 19.3 Å². The highest BCUT2D eigenvalue weighted by molar-refractivity contribution is 7.47. The van der Waals surface area contributed by atoms with E-state index in [0.717, 1.165) is 141 Å². The number of phosphoric ester groups is 1. The minimum absolute atomic E-state index is 0.120. The summed E-state index contributed by atoms with van der Waals surface area (Å²) in [6.07, 6.45) is 71.8. The van der Waals surface area contributed by atoms with Crippen molar-refractivity contribution >= 4 is 25.7 Å². The van der Waals surface area contributed by atoms with Crippen LogP contribution < -0.4 is 0 Å². The van der Waals surface area contributed by atoms with Gasteiger partial charge in [0.05, 0.1) is 19.8 Å². The van der Waals surface area contributed by atoms with Crippen LogP contribution in [0, 0.1) is 0 Å². The molecule has 0 aliphatic rings. The second-order valence-corrected chi connectivity index (χ2v) is 21.6. The van der Waals surface area contributed by atoms with E-state index in [9.17, 15) is 28.9 Å². The molecular weight excluding hydrogens is 1000 g/mol. The maximum atomic E-state index is 12.9. The molecule has 11 nitrogen and oxygen atoms in total. The van der Waals surface area contributed by atoms with Crippen LogP contribution in [-0.4, -0.2) is 66.5 Å². The highest BCUT2D eigenvalue weighted by Crippen LogP contribution is 2.43. The van der Waals surface area contributed by atoms with Gasteiger partial charge in [-0.25, -0.2) is 4.57 Å². The van der Waals surface area contributed by atoms with Gasteiger partial charge < -0.3 is 24.2 Å². The Balaban J connectivity index is 4.82. The van der Waals surface area contributed by atoms with Gasteiger partial charge in [-0.2, -0.15) is 0 Å². The van der Waals surface area contributed by atoms with Gasteiger partial charge in [0.15, 0.2) is 6.10 Å². The van der Waals surface area contributed by atoms with Crippen LogP contribution in [0.15, 0.2) is 109 Å². The van der Waals surface area contributed by atoms with Crippen LogP contribution in [0.2, 0.25) is 0 Å². The predicted molar refractivity (Wildman–Crippen MR) is 325 cm³/mol. The van der Waals surface area contributed by atoms with Crippen molar-refractivity contribution in [1.29, 1.82) is 0 Å². The number of ether oxygens (including phenoxy) is 3. The van der Waals surface area contributed by atoms with Crippen LogP contribution in [0.1, 0.15) is 252 Å². The average Bonchev–Trinajstić information content (AvgIpc) is 3.43. The minimum atomic E-state index is -4.77. The van der Waals surface area contributed by atoms with Crippen molar-refractivity contribution in [1.82, 2.24) is 0 Å². The maximum Gasteiger partial charge on any atom is 0.472 e. The van der Waals surface area contributed by atoms with Gasteiger partial charge in [-0.3, -0.25) is 23.4 Å². The molecule has 446 valence electrons. The third-order valence-corrected chi connectivity index (χ3v) is 13.6. The van der Waals surface area contributed by atoms with E-state index >= 15 is 0 Å². The standard InChI is InChI=1S/C66H111O11P/c1-4-7-10-13-16-19-22-25-27-29-31-33-35-38-40-43-46-49-52-55-64(68)73-59-63(77-66(70)57-54-51-48-45-42-39-36-34-32-30-28-26-23-20-17-14-11-8-5-2)61-75-78(71,72)74-60-62(58-67)76-65(69)56-53-50-47-44-41-37-24-21-18-15-12-9-6-3/h8,11,16-17,19-21,24-28,31-34,39,42,62-63,67H,4-7,9-10,12-15,18,22-23,29-30,35-38,40-41,43-61H2,1-3H3,(H,71,72)/b11-8-,19-16-,20-17-,24-21-,27-25-,28-26-,33-31-,34-32-,42-39-. The van der Waals surface area contributed by atoms with E-state index in [1.807, 2.05) is 0 Å². The number of phosphoric acid groups is 1. The second-order valence-electron chi connectivity index (χ2n) is 20.1. The summed E-state index contributed by atoms with van der Waals surface area (Å²) in [7, 11) is -4.77. The van der Waals surface area contributed by atoms with Gasteiger partial charge in [-0.05, 0) is 128 Å². The molecule has 0 aromatic carbocycles. The van der Waals surface area contributed by atoms with E-state index in [1.165, 1.54) is 51.4 Å². The molecule has 0 aromatic rings. The first-order valence-corrected chi connectivity index (χ1v) is 32.3. The number of aliphatic hydroxyl groups is 1. The molecule has 0 rings (SSSR count). The SMILES string of the molecule is CC/C=C\C/C=C\C/C=C\C/C=C\C/C=C\CCCCCC(=O)OC(COC(=O)CCCCCCCC/C=C\C/C=C\C/C=C\CCCCC)COP(=O)(O)OCC(CO)OC(=O)CCCCCCC/C=C\CCCCCC. The molecule has 0 heterocycles. The predicted octanol–water partition coefficient (Wildman–Crippen LogP) is 18.6. The van der Waals surface area contributed by atoms with Gasteiger partial charge in [0.2, 0.25) is 0 Å². The van der Waals surface area contributed by atoms with E-state index in [-0.39, 0.29) is 25.9 Å². The van der Waals surface area contributed by atoms with Crippen LogP contribution in [-0.2, 0) is 42.2 Å². The molecule has 2 N–H and O–H groups in total. The van der Waals surface area contributed by atoms with Gasteiger partial charge in [0.1, 0.15) is 12.7 Å². The first-order chi connectivity index (χ1) is 38.2. The quantitative estimate of drug-likeness (QED) is 0.0197. The number of carbonyl (C=O) groups excluding carboxylic acids is 3. The van der Waals surface area contributed by atoms with E-state index in [0.29, 0.717) is 19.3 Å². The lowest BCUT2D eigenvalue weighted by atomic mass is 10.1. The van der Waals surface area contributed by atoms with Crippen molar-refractivity contribution in [3.05, 3.63) is 109 Å². The van der Waals surface area contributed by atoms with E-state index in [4.69, 9.17) is 23.3 Å². The number of esters is 3. The molecule has 0 amide bonds. The van der Waals surface area contributed by atoms with Crippen LogP contribution in [0.25, 0.3) is 0 Å². The molecule has 3 unspecified atom stereocenters. The molecule has 0 fully saturated rings.